The molecule has 11 heteroatoms. The van der Waals surface area contributed by atoms with Gasteiger partial charge in [0.1, 0.15) is 4.88 Å². The van der Waals surface area contributed by atoms with E-state index in [1.165, 1.54) is 42.5 Å². The van der Waals surface area contributed by atoms with Crippen LogP contribution in [0.3, 0.4) is 0 Å². The maximum absolute atomic E-state index is 12.7. The zero-order valence-electron chi connectivity index (χ0n) is 17.2. The molecule has 9 nitrogen and oxygen atoms in total. The number of nitro benzene ring substituents is 1. The highest BCUT2D eigenvalue weighted by Crippen LogP contribution is 2.37. The Hall–Kier alpha value is -4.28. The molecule has 0 bridgehead atoms. The van der Waals surface area contributed by atoms with E-state index in [1.54, 1.807) is 30.3 Å². The Labute approximate surface area is 201 Å². The fourth-order valence-corrected chi connectivity index (χ4v) is 4.50. The van der Waals surface area contributed by atoms with Crippen molar-refractivity contribution in [3.05, 3.63) is 104 Å². The summed E-state index contributed by atoms with van der Waals surface area (Å²) in [6, 6.07) is 18.6. The molecule has 4 aromatic rings. The molecule has 3 aromatic carbocycles. The molecule has 0 aliphatic carbocycles. The number of non-ortho nitro benzene ring substituents is 1. The molecule has 0 fully saturated rings. The number of carbonyl (C=O) groups is 3. The van der Waals surface area contributed by atoms with Crippen LogP contribution in [0.25, 0.3) is 10.1 Å². The molecule has 0 saturated heterocycles. The number of halogens is 1. The third-order valence-electron chi connectivity index (χ3n) is 4.76. The Morgan fingerprint density at radius 3 is 2.06 bits per heavy atom. The number of fused-ring (bicyclic) bond motifs is 1. The Balaban J connectivity index is 1.41. The first-order valence-corrected chi connectivity index (χ1v) is 11.0. The van der Waals surface area contributed by atoms with Crippen molar-refractivity contribution in [2.24, 2.45) is 0 Å². The molecule has 4 rings (SSSR count). The van der Waals surface area contributed by atoms with Crippen molar-refractivity contribution in [2.75, 3.05) is 5.32 Å². The summed E-state index contributed by atoms with van der Waals surface area (Å²) in [6.45, 7) is 0. The van der Waals surface area contributed by atoms with E-state index in [2.05, 4.69) is 16.2 Å². The standard InChI is InChI=1S/C23H15ClN4O5S/c24-19-17-11-10-16(28(32)33)12-18(17)34-20(19)23(31)25-15-8-6-14(7-9-15)22(30)27-26-21(29)13-4-2-1-3-5-13/h1-12H,(H,25,31)(H,26,29)(H,27,30). The van der Waals surface area contributed by atoms with Crippen LogP contribution < -0.4 is 16.2 Å². The summed E-state index contributed by atoms with van der Waals surface area (Å²) in [6.07, 6.45) is 0. The molecule has 3 amide bonds. The number of hydrogen-bond donors (Lipinski definition) is 3. The first-order valence-electron chi connectivity index (χ1n) is 9.77. The zero-order valence-corrected chi connectivity index (χ0v) is 18.8. The summed E-state index contributed by atoms with van der Waals surface area (Å²) in [5.41, 5.74) is 5.64. The van der Waals surface area contributed by atoms with Gasteiger partial charge in [-0.1, -0.05) is 29.8 Å². The monoisotopic (exact) mass is 494 g/mol. The van der Waals surface area contributed by atoms with E-state index < -0.39 is 22.6 Å². The van der Waals surface area contributed by atoms with Gasteiger partial charge in [-0.25, -0.2) is 0 Å². The molecule has 0 unspecified atom stereocenters. The normalized spacial score (nSPS) is 10.5. The van der Waals surface area contributed by atoms with Gasteiger partial charge < -0.3 is 5.32 Å². The largest absolute Gasteiger partial charge is 0.321 e. The van der Waals surface area contributed by atoms with Crippen molar-refractivity contribution in [2.45, 2.75) is 0 Å². The lowest BCUT2D eigenvalue weighted by molar-refractivity contribution is -0.384. The number of carbonyl (C=O) groups excluding carboxylic acids is 3. The number of hydrazine groups is 1. The van der Waals surface area contributed by atoms with Crippen LogP contribution in [0.2, 0.25) is 5.02 Å². The average molecular weight is 495 g/mol. The Morgan fingerprint density at radius 1 is 0.824 bits per heavy atom. The molecule has 34 heavy (non-hydrogen) atoms. The van der Waals surface area contributed by atoms with E-state index in [9.17, 15) is 24.5 Å². The van der Waals surface area contributed by atoms with E-state index in [-0.39, 0.29) is 21.2 Å². The third kappa shape index (κ3) is 4.87. The van der Waals surface area contributed by atoms with E-state index in [1.807, 2.05) is 0 Å². The lowest BCUT2D eigenvalue weighted by atomic mass is 10.2. The second-order valence-electron chi connectivity index (χ2n) is 6.99. The van der Waals surface area contributed by atoms with Crippen LogP contribution in [-0.2, 0) is 0 Å². The van der Waals surface area contributed by atoms with E-state index in [4.69, 9.17) is 11.6 Å². The van der Waals surface area contributed by atoms with Crippen molar-refractivity contribution >= 4 is 62.1 Å². The number of thiophene rings is 1. The predicted molar refractivity (Wildman–Crippen MR) is 129 cm³/mol. The van der Waals surface area contributed by atoms with Gasteiger partial charge >= 0.3 is 0 Å². The first kappa shape index (κ1) is 22.9. The molecule has 0 spiro atoms. The lowest BCUT2D eigenvalue weighted by Gasteiger charge is -2.08. The highest BCUT2D eigenvalue weighted by molar-refractivity contribution is 7.21. The van der Waals surface area contributed by atoms with Crippen LogP contribution in [0.1, 0.15) is 30.4 Å². The fourth-order valence-electron chi connectivity index (χ4n) is 3.05. The minimum atomic E-state index is -0.531. The number of nitro groups is 1. The van der Waals surface area contributed by atoms with Crippen LogP contribution in [-0.4, -0.2) is 22.6 Å². The van der Waals surface area contributed by atoms with Crippen LogP contribution in [0.4, 0.5) is 11.4 Å². The lowest BCUT2D eigenvalue weighted by Crippen LogP contribution is -2.41. The third-order valence-corrected chi connectivity index (χ3v) is 6.42. The quantitative estimate of drug-likeness (QED) is 0.271. The minimum Gasteiger partial charge on any atom is -0.321 e. The summed E-state index contributed by atoms with van der Waals surface area (Å²) in [4.78, 5) is 47.7. The summed E-state index contributed by atoms with van der Waals surface area (Å²) < 4.78 is 0.522. The highest BCUT2D eigenvalue weighted by atomic mass is 35.5. The average Bonchev–Trinajstić information content (AvgIpc) is 3.19. The van der Waals surface area contributed by atoms with E-state index in [0.29, 0.717) is 21.3 Å². The van der Waals surface area contributed by atoms with Gasteiger partial charge in [-0.3, -0.25) is 35.3 Å². The van der Waals surface area contributed by atoms with Gasteiger partial charge in [0.05, 0.1) is 9.95 Å². The second-order valence-corrected chi connectivity index (χ2v) is 8.42. The number of rotatable bonds is 5. The van der Waals surface area contributed by atoms with Crippen LogP contribution >= 0.6 is 22.9 Å². The minimum absolute atomic E-state index is 0.0915. The molecular formula is C23H15ClN4O5S. The van der Waals surface area contributed by atoms with Crippen LogP contribution in [0.5, 0.6) is 0 Å². The maximum Gasteiger partial charge on any atom is 0.270 e. The molecule has 0 saturated carbocycles. The van der Waals surface area contributed by atoms with Crippen molar-refractivity contribution < 1.29 is 19.3 Å². The van der Waals surface area contributed by atoms with Crippen LogP contribution in [0, 0.1) is 10.1 Å². The topological polar surface area (TPSA) is 130 Å². The highest BCUT2D eigenvalue weighted by Gasteiger charge is 2.19. The van der Waals surface area contributed by atoms with E-state index >= 15 is 0 Å². The first-order chi connectivity index (χ1) is 16.3. The van der Waals surface area contributed by atoms with Crippen molar-refractivity contribution in [3.8, 4) is 0 Å². The molecule has 0 atom stereocenters. The Kier molecular flexibility index (Phi) is 6.53. The summed E-state index contributed by atoms with van der Waals surface area (Å²) in [5.74, 6) is -1.47. The van der Waals surface area contributed by atoms with Crippen molar-refractivity contribution in [1.82, 2.24) is 10.9 Å². The Bertz CT molecular complexity index is 1420. The molecule has 1 heterocycles. The Morgan fingerprint density at radius 2 is 1.44 bits per heavy atom. The second kappa shape index (κ2) is 9.69. The molecule has 0 aliphatic rings. The molecule has 0 radical (unpaired) electrons. The van der Waals surface area contributed by atoms with Gasteiger partial charge in [0, 0.05) is 39.0 Å². The molecule has 170 valence electrons. The number of anilines is 1. The van der Waals surface area contributed by atoms with Crippen molar-refractivity contribution in [1.29, 1.82) is 0 Å². The number of benzene rings is 3. The van der Waals surface area contributed by atoms with Gasteiger partial charge in [-0.15, -0.1) is 11.3 Å². The fraction of sp³-hybridized carbons (Fsp3) is 0. The number of hydrogen-bond acceptors (Lipinski definition) is 6. The molecule has 3 N–H and O–H groups in total. The van der Waals surface area contributed by atoms with Gasteiger partial charge in [-0.05, 0) is 42.5 Å². The SMILES string of the molecule is O=C(NNC(=O)c1ccc(NC(=O)c2sc3cc([N+](=O)[O-])ccc3c2Cl)cc1)c1ccccc1. The molecule has 0 aliphatic heterocycles. The van der Waals surface area contributed by atoms with Gasteiger partial charge in [-0.2, -0.15) is 0 Å². The summed E-state index contributed by atoms with van der Waals surface area (Å²) >= 11 is 7.36. The summed E-state index contributed by atoms with van der Waals surface area (Å²) in [5, 5.41) is 14.4. The van der Waals surface area contributed by atoms with Gasteiger partial charge in [0.2, 0.25) is 0 Å². The molecule has 1 aromatic heterocycles. The van der Waals surface area contributed by atoms with Gasteiger partial charge in [0.25, 0.3) is 23.4 Å². The number of nitrogens with one attached hydrogen (secondary N) is 3. The smallest absolute Gasteiger partial charge is 0.270 e. The number of nitrogens with zero attached hydrogens (tertiary/aromatic N) is 1. The van der Waals surface area contributed by atoms with Crippen LogP contribution in [0.15, 0.2) is 72.8 Å². The zero-order chi connectivity index (χ0) is 24.2. The van der Waals surface area contributed by atoms with Gasteiger partial charge in [0.15, 0.2) is 0 Å². The summed E-state index contributed by atoms with van der Waals surface area (Å²) in [7, 11) is 0. The predicted octanol–water partition coefficient (Wildman–Crippen LogP) is 4.79. The van der Waals surface area contributed by atoms with E-state index in [0.717, 1.165) is 11.3 Å². The van der Waals surface area contributed by atoms with Crippen molar-refractivity contribution in [3.63, 3.8) is 0 Å². The molecular weight excluding hydrogens is 480 g/mol. The maximum atomic E-state index is 12.7. The number of amides is 3.